The van der Waals surface area contributed by atoms with Gasteiger partial charge in [-0.2, -0.15) is 0 Å². The Morgan fingerprint density at radius 2 is 2.40 bits per heavy atom. The maximum absolute atomic E-state index is 12.1. The quantitative estimate of drug-likeness (QED) is 0.936. The summed E-state index contributed by atoms with van der Waals surface area (Å²) in [5.74, 6) is 1.14. The Kier molecular flexibility index (Phi) is 3.87. The van der Waals surface area contributed by atoms with E-state index in [2.05, 4.69) is 30.8 Å². The summed E-state index contributed by atoms with van der Waals surface area (Å²) in [5, 5.41) is 3.11. The van der Waals surface area contributed by atoms with Crippen LogP contribution in [0, 0.1) is 0 Å². The molecule has 104 valence electrons. The van der Waals surface area contributed by atoms with Crippen molar-refractivity contribution in [3.05, 3.63) is 52.5 Å². The molecule has 0 saturated carbocycles. The Labute approximate surface area is 126 Å². The molecule has 5 heteroatoms. The van der Waals surface area contributed by atoms with Gasteiger partial charge in [-0.15, -0.1) is 0 Å². The molecule has 0 radical (unpaired) electrons. The second kappa shape index (κ2) is 5.79. The lowest BCUT2D eigenvalue weighted by molar-refractivity contribution is -0.121. The van der Waals surface area contributed by atoms with Gasteiger partial charge in [0.1, 0.15) is 5.82 Å². The predicted octanol–water partition coefficient (Wildman–Crippen LogP) is 2.32. The third-order valence-electron chi connectivity index (χ3n) is 3.57. The van der Waals surface area contributed by atoms with Crippen molar-refractivity contribution < 1.29 is 4.79 Å². The van der Waals surface area contributed by atoms with Crippen molar-refractivity contribution in [2.24, 2.45) is 0 Å². The van der Waals surface area contributed by atoms with Crippen LogP contribution in [0.15, 0.2) is 41.1 Å². The number of imidazole rings is 1. The number of benzene rings is 1. The van der Waals surface area contributed by atoms with Crippen molar-refractivity contribution in [3.8, 4) is 0 Å². The summed E-state index contributed by atoms with van der Waals surface area (Å²) in [6, 6.07) is 8.06. The molecule has 20 heavy (non-hydrogen) atoms. The number of aromatic nitrogens is 2. The number of fused-ring (bicyclic) bond motifs is 1. The fourth-order valence-electron chi connectivity index (χ4n) is 2.59. The van der Waals surface area contributed by atoms with Gasteiger partial charge < -0.3 is 9.88 Å². The van der Waals surface area contributed by atoms with Crippen molar-refractivity contribution >= 4 is 21.8 Å². The third-order valence-corrected chi connectivity index (χ3v) is 4.06. The van der Waals surface area contributed by atoms with Crippen LogP contribution in [0.5, 0.6) is 0 Å². The number of amides is 1. The number of rotatable bonds is 3. The minimum absolute atomic E-state index is 0.0770. The number of carbonyl (C=O) groups is 1. The summed E-state index contributed by atoms with van der Waals surface area (Å²) in [5.41, 5.74) is 1.02. The van der Waals surface area contributed by atoms with Crippen LogP contribution in [0.25, 0.3) is 0 Å². The van der Waals surface area contributed by atoms with Crippen LogP contribution in [-0.4, -0.2) is 21.5 Å². The normalized spacial score (nSPS) is 17.6. The lowest BCUT2D eigenvalue weighted by atomic mass is 10.1. The fraction of sp³-hybridized carbons (Fsp3) is 0.333. The van der Waals surface area contributed by atoms with Crippen molar-refractivity contribution in [2.45, 2.75) is 31.8 Å². The van der Waals surface area contributed by atoms with Crippen LogP contribution in [-0.2, 0) is 24.2 Å². The third kappa shape index (κ3) is 3.10. The van der Waals surface area contributed by atoms with Gasteiger partial charge in [0, 0.05) is 35.9 Å². The molecular formula is C15H16BrN3O. The van der Waals surface area contributed by atoms with E-state index in [0.29, 0.717) is 6.42 Å². The highest BCUT2D eigenvalue weighted by atomic mass is 79.9. The van der Waals surface area contributed by atoms with Crippen LogP contribution in [0.3, 0.4) is 0 Å². The monoisotopic (exact) mass is 333 g/mol. The Bertz CT molecular complexity index is 623. The van der Waals surface area contributed by atoms with Crippen LogP contribution in [0.2, 0.25) is 0 Å². The Morgan fingerprint density at radius 1 is 1.50 bits per heavy atom. The highest BCUT2D eigenvalue weighted by molar-refractivity contribution is 9.10. The van der Waals surface area contributed by atoms with Gasteiger partial charge in [0.25, 0.3) is 0 Å². The van der Waals surface area contributed by atoms with Crippen LogP contribution < -0.4 is 5.32 Å². The van der Waals surface area contributed by atoms with E-state index >= 15 is 0 Å². The largest absolute Gasteiger partial charge is 0.353 e. The molecule has 1 aromatic heterocycles. The van der Waals surface area contributed by atoms with E-state index in [4.69, 9.17) is 0 Å². The average Bonchev–Trinajstić information content (AvgIpc) is 2.86. The van der Waals surface area contributed by atoms with E-state index in [-0.39, 0.29) is 11.9 Å². The highest BCUT2D eigenvalue weighted by Crippen LogP contribution is 2.14. The van der Waals surface area contributed by atoms with Gasteiger partial charge in [-0.05, 0) is 24.1 Å². The minimum Gasteiger partial charge on any atom is -0.353 e. The molecule has 2 aromatic rings. The molecule has 3 rings (SSSR count). The van der Waals surface area contributed by atoms with Gasteiger partial charge in [0.2, 0.25) is 5.91 Å². The van der Waals surface area contributed by atoms with E-state index in [0.717, 1.165) is 35.2 Å². The minimum atomic E-state index is 0.0770. The summed E-state index contributed by atoms with van der Waals surface area (Å²) in [7, 11) is 0. The maximum Gasteiger partial charge on any atom is 0.224 e. The van der Waals surface area contributed by atoms with Gasteiger partial charge in [-0.3, -0.25) is 4.79 Å². The Morgan fingerprint density at radius 3 is 3.25 bits per heavy atom. The smallest absolute Gasteiger partial charge is 0.224 e. The molecular weight excluding hydrogens is 318 g/mol. The number of hydrogen-bond donors (Lipinski definition) is 1. The number of carbonyl (C=O) groups excluding carboxylic acids is 1. The van der Waals surface area contributed by atoms with Gasteiger partial charge in [-0.25, -0.2) is 4.98 Å². The van der Waals surface area contributed by atoms with E-state index in [9.17, 15) is 4.79 Å². The van der Waals surface area contributed by atoms with Crippen molar-refractivity contribution in [1.82, 2.24) is 14.9 Å². The molecule has 1 aliphatic rings. The second-order valence-corrected chi connectivity index (χ2v) is 6.02. The average molecular weight is 334 g/mol. The molecule has 0 spiro atoms. The molecule has 1 aliphatic heterocycles. The van der Waals surface area contributed by atoms with Crippen molar-refractivity contribution in [1.29, 1.82) is 0 Å². The maximum atomic E-state index is 12.1. The fourth-order valence-corrected chi connectivity index (χ4v) is 3.03. The number of hydrogen-bond acceptors (Lipinski definition) is 2. The molecule has 1 unspecified atom stereocenters. The molecule has 1 atom stereocenters. The SMILES string of the molecule is O=C(Cc1cccc(Br)c1)NC1CCn2ccnc2C1. The molecule has 2 heterocycles. The van der Waals surface area contributed by atoms with Gasteiger partial charge in [-0.1, -0.05) is 28.1 Å². The number of aryl methyl sites for hydroxylation is 1. The number of nitrogens with zero attached hydrogens (tertiary/aromatic N) is 2. The van der Waals surface area contributed by atoms with Crippen molar-refractivity contribution in [3.63, 3.8) is 0 Å². The summed E-state index contributed by atoms with van der Waals surface area (Å²) >= 11 is 3.42. The van der Waals surface area contributed by atoms with E-state index in [1.165, 1.54) is 0 Å². The first kappa shape index (κ1) is 13.4. The molecule has 0 fully saturated rings. The van der Waals surface area contributed by atoms with Crippen LogP contribution >= 0.6 is 15.9 Å². The standard InChI is InChI=1S/C15H16BrN3O/c16-12-3-1-2-11(8-12)9-15(20)18-13-4-6-19-7-5-17-14(19)10-13/h1-3,5,7-8,13H,4,6,9-10H2,(H,18,20). The van der Waals surface area contributed by atoms with Gasteiger partial charge in [0.05, 0.1) is 6.42 Å². The number of halogens is 1. The van der Waals surface area contributed by atoms with E-state index in [1.807, 2.05) is 36.7 Å². The van der Waals surface area contributed by atoms with E-state index < -0.39 is 0 Å². The topological polar surface area (TPSA) is 46.9 Å². The summed E-state index contributed by atoms with van der Waals surface area (Å²) in [6.07, 6.45) is 6.02. The summed E-state index contributed by atoms with van der Waals surface area (Å²) < 4.78 is 3.15. The summed E-state index contributed by atoms with van der Waals surface area (Å²) in [6.45, 7) is 0.928. The molecule has 0 bridgehead atoms. The van der Waals surface area contributed by atoms with Gasteiger partial charge in [0.15, 0.2) is 0 Å². The first-order valence-corrected chi connectivity index (χ1v) is 7.54. The molecule has 0 aliphatic carbocycles. The lowest BCUT2D eigenvalue weighted by Gasteiger charge is -2.24. The van der Waals surface area contributed by atoms with Gasteiger partial charge >= 0.3 is 0 Å². The summed E-state index contributed by atoms with van der Waals surface area (Å²) in [4.78, 5) is 16.4. The molecule has 4 nitrogen and oxygen atoms in total. The zero-order valence-electron chi connectivity index (χ0n) is 11.1. The molecule has 0 saturated heterocycles. The highest BCUT2D eigenvalue weighted by Gasteiger charge is 2.20. The molecule has 1 aromatic carbocycles. The first-order valence-electron chi connectivity index (χ1n) is 6.74. The van der Waals surface area contributed by atoms with Crippen LogP contribution in [0.4, 0.5) is 0 Å². The lowest BCUT2D eigenvalue weighted by Crippen LogP contribution is -2.40. The predicted molar refractivity (Wildman–Crippen MR) is 80.3 cm³/mol. The first-order chi connectivity index (χ1) is 9.70. The Hall–Kier alpha value is -1.62. The van der Waals surface area contributed by atoms with Crippen molar-refractivity contribution in [2.75, 3.05) is 0 Å². The molecule has 1 amide bonds. The second-order valence-electron chi connectivity index (χ2n) is 5.10. The number of nitrogens with one attached hydrogen (secondary N) is 1. The van der Waals surface area contributed by atoms with Crippen LogP contribution in [0.1, 0.15) is 17.8 Å². The van der Waals surface area contributed by atoms with E-state index in [1.54, 1.807) is 0 Å². The zero-order chi connectivity index (χ0) is 13.9. The molecule has 1 N–H and O–H groups in total. The zero-order valence-corrected chi connectivity index (χ0v) is 12.6. The Balaban J connectivity index is 1.57.